The molecular formula is C31H47N3O5. The third-order valence-corrected chi connectivity index (χ3v) is 6.08. The van der Waals surface area contributed by atoms with Gasteiger partial charge in [0.05, 0.1) is 32.3 Å². The quantitative estimate of drug-likeness (QED) is 0.352. The number of nitrogens with one attached hydrogen (secondary N) is 3. The maximum absolute atomic E-state index is 12.6. The van der Waals surface area contributed by atoms with Crippen molar-refractivity contribution in [2.24, 2.45) is 5.92 Å². The van der Waals surface area contributed by atoms with Crippen LogP contribution in [-0.2, 0) is 25.5 Å². The van der Waals surface area contributed by atoms with E-state index in [1.54, 1.807) is 21.1 Å². The average Bonchev–Trinajstić information content (AvgIpc) is 3.69. The molecule has 1 aliphatic heterocycles. The lowest BCUT2D eigenvalue weighted by Gasteiger charge is -2.22. The normalized spacial score (nSPS) is 16.8. The van der Waals surface area contributed by atoms with E-state index in [9.17, 15) is 14.4 Å². The average molecular weight is 542 g/mol. The largest absolute Gasteiger partial charge is 0.497 e. The highest BCUT2D eigenvalue weighted by molar-refractivity contribution is 5.97. The first-order valence-electron chi connectivity index (χ1n) is 13.6. The van der Waals surface area contributed by atoms with Gasteiger partial charge in [-0.2, -0.15) is 0 Å². The summed E-state index contributed by atoms with van der Waals surface area (Å²) in [5.41, 5.74) is 1.49. The fourth-order valence-electron chi connectivity index (χ4n) is 3.72. The van der Waals surface area contributed by atoms with Crippen LogP contribution in [-0.4, -0.2) is 62.6 Å². The minimum atomic E-state index is -0.800. The molecule has 0 aliphatic carbocycles. The highest BCUT2D eigenvalue weighted by Crippen LogP contribution is 2.29. The SMILES string of the molecule is CC.CN[C@@H](Cc1ccc(OC)cc1)C(=O)NCC(=O)NC(CC(C)C)C(=O)C1(C)CO1.Cc1ccccc1. The van der Waals surface area contributed by atoms with E-state index >= 15 is 0 Å². The number of Topliss-reactive ketones (excluding diaryl/α,β-unsaturated/α-hetero) is 1. The van der Waals surface area contributed by atoms with Crippen LogP contribution in [0.5, 0.6) is 5.75 Å². The third-order valence-electron chi connectivity index (χ3n) is 6.08. The Kier molecular flexibility index (Phi) is 15.1. The standard InChI is InChI=1S/C22H33N3O5.C7H8.C2H6/c1-14(2)10-17(20(27)22(3)13-30-22)25-19(26)12-24-21(28)18(23-4)11-15-6-8-16(29-5)9-7-15;1-7-5-3-2-4-6-7;1-2/h6-9,14,17-18,23H,10-13H2,1-5H3,(H,24,28)(H,25,26);2-6H,1H3;1-2H3/t17?,18-,22?;;/m0../s1. The van der Waals surface area contributed by atoms with Crippen molar-refractivity contribution in [1.82, 2.24) is 16.0 Å². The first-order valence-corrected chi connectivity index (χ1v) is 13.6. The molecular weight excluding hydrogens is 494 g/mol. The van der Waals surface area contributed by atoms with Gasteiger partial charge in [0.2, 0.25) is 11.8 Å². The van der Waals surface area contributed by atoms with E-state index in [2.05, 4.69) is 35.0 Å². The number of carbonyl (C=O) groups is 3. The Labute approximate surface area is 234 Å². The molecule has 0 bridgehead atoms. The van der Waals surface area contributed by atoms with Crippen molar-refractivity contribution in [2.45, 2.75) is 72.1 Å². The topological polar surface area (TPSA) is 109 Å². The molecule has 3 rings (SSSR count). The van der Waals surface area contributed by atoms with Gasteiger partial charge in [-0.25, -0.2) is 0 Å². The van der Waals surface area contributed by atoms with Crippen molar-refractivity contribution in [1.29, 1.82) is 0 Å². The van der Waals surface area contributed by atoms with Crippen molar-refractivity contribution in [3.8, 4) is 5.75 Å². The van der Waals surface area contributed by atoms with Crippen LogP contribution in [0.3, 0.4) is 0 Å². The molecule has 2 unspecified atom stereocenters. The number of hydrogen-bond acceptors (Lipinski definition) is 6. The molecule has 2 amide bonds. The van der Waals surface area contributed by atoms with Gasteiger partial charge in [-0.15, -0.1) is 0 Å². The molecule has 0 radical (unpaired) electrons. The molecule has 2 aromatic carbocycles. The Balaban J connectivity index is 0.000000720. The lowest BCUT2D eigenvalue weighted by Crippen LogP contribution is -2.51. The van der Waals surface area contributed by atoms with Crippen LogP contribution in [0.4, 0.5) is 0 Å². The second kappa shape index (κ2) is 17.4. The van der Waals surface area contributed by atoms with Crippen LogP contribution in [0, 0.1) is 12.8 Å². The lowest BCUT2D eigenvalue weighted by molar-refractivity contribution is -0.131. The minimum absolute atomic E-state index is 0.122. The number of epoxide rings is 1. The van der Waals surface area contributed by atoms with Crippen molar-refractivity contribution in [2.75, 3.05) is 27.3 Å². The molecule has 216 valence electrons. The van der Waals surface area contributed by atoms with Gasteiger partial charge in [0.15, 0.2) is 5.78 Å². The van der Waals surface area contributed by atoms with Gasteiger partial charge in [-0.3, -0.25) is 14.4 Å². The number of aryl methyl sites for hydroxylation is 1. The predicted octanol–water partition coefficient (Wildman–Crippen LogP) is 3.85. The number of amides is 2. The molecule has 1 heterocycles. The highest BCUT2D eigenvalue weighted by Gasteiger charge is 2.50. The molecule has 1 fully saturated rings. The van der Waals surface area contributed by atoms with Gasteiger partial charge in [0, 0.05) is 0 Å². The Hall–Kier alpha value is -3.23. The summed E-state index contributed by atoms with van der Waals surface area (Å²) in [4.78, 5) is 37.5. The Morgan fingerprint density at radius 3 is 2.03 bits per heavy atom. The molecule has 3 atom stereocenters. The smallest absolute Gasteiger partial charge is 0.239 e. The fourth-order valence-corrected chi connectivity index (χ4v) is 3.72. The first kappa shape index (κ1) is 33.8. The van der Waals surface area contributed by atoms with E-state index in [-0.39, 0.29) is 24.2 Å². The summed E-state index contributed by atoms with van der Waals surface area (Å²) >= 11 is 0. The second-order valence-electron chi connectivity index (χ2n) is 9.90. The molecule has 0 saturated carbocycles. The summed E-state index contributed by atoms with van der Waals surface area (Å²) in [6.07, 6.45) is 0.992. The summed E-state index contributed by atoms with van der Waals surface area (Å²) in [5.74, 6) is 0.174. The van der Waals surface area contributed by atoms with E-state index in [1.165, 1.54) is 5.56 Å². The third kappa shape index (κ3) is 12.4. The zero-order valence-corrected chi connectivity index (χ0v) is 24.8. The first-order chi connectivity index (χ1) is 18.6. The summed E-state index contributed by atoms with van der Waals surface area (Å²) < 4.78 is 10.4. The van der Waals surface area contributed by atoms with Gasteiger partial charge < -0.3 is 25.4 Å². The molecule has 1 saturated heterocycles. The number of benzene rings is 2. The Morgan fingerprint density at radius 2 is 1.59 bits per heavy atom. The molecule has 1 aliphatic rings. The Bertz CT molecular complexity index is 1000. The maximum Gasteiger partial charge on any atom is 0.239 e. The van der Waals surface area contributed by atoms with Crippen molar-refractivity contribution < 1.29 is 23.9 Å². The van der Waals surface area contributed by atoms with Crippen LogP contribution in [0.2, 0.25) is 0 Å². The van der Waals surface area contributed by atoms with Gasteiger partial charge in [0.1, 0.15) is 11.4 Å². The number of rotatable bonds is 12. The second-order valence-corrected chi connectivity index (χ2v) is 9.90. The molecule has 2 aromatic rings. The predicted molar refractivity (Wildman–Crippen MR) is 156 cm³/mol. The summed E-state index contributed by atoms with van der Waals surface area (Å²) in [7, 11) is 3.29. The minimum Gasteiger partial charge on any atom is -0.497 e. The van der Waals surface area contributed by atoms with Crippen LogP contribution in [0.25, 0.3) is 0 Å². The zero-order chi connectivity index (χ0) is 29.4. The van der Waals surface area contributed by atoms with E-state index in [1.807, 2.05) is 70.2 Å². The van der Waals surface area contributed by atoms with Crippen LogP contribution < -0.4 is 20.7 Å². The molecule has 39 heavy (non-hydrogen) atoms. The monoisotopic (exact) mass is 541 g/mol. The van der Waals surface area contributed by atoms with Crippen molar-refractivity contribution in [3.05, 3.63) is 65.7 Å². The van der Waals surface area contributed by atoms with Crippen LogP contribution in [0.15, 0.2) is 54.6 Å². The van der Waals surface area contributed by atoms with Gasteiger partial charge in [-0.1, -0.05) is 75.7 Å². The van der Waals surface area contributed by atoms with Gasteiger partial charge >= 0.3 is 0 Å². The van der Waals surface area contributed by atoms with E-state index in [0.29, 0.717) is 19.4 Å². The molecule has 0 spiro atoms. The number of carbonyl (C=O) groups excluding carboxylic acids is 3. The van der Waals surface area contributed by atoms with Crippen molar-refractivity contribution in [3.63, 3.8) is 0 Å². The fraction of sp³-hybridized carbons (Fsp3) is 0.516. The number of hydrogen-bond donors (Lipinski definition) is 3. The lowest BCUT2D eigenvalue weighted by atomic mass is 9.93. The Morgan fingerprint density at radius 1 is 1.00 bits per heavy atom. The maximum atomic E-state index is 12.6. The molecule has 8 heteroatoms. The van der Waals surface area contributed by atoms with E-state index in [4.69, 9.17) is 9.47 Å². The number of ketones is 1. The summed E-state index contributed by atoms with van der Waals surface area (Å²) in [5, 5.41) is 8.37. The zero-order valence-electron chi connectivity index (χ0n) is 24.8. The van der Waals surface area contributed by atoms with E-state index in [0.717, 1.165) is 11.3 Å². The summed E-state index contributed by atoms with van der Waals surface area (Å²) in [6.45, 7) is 12.0. The van der Waals surface area contributed by atoms with Gasteiger partial charge in [-0.05, 0) is 57.4 Å². The number of likely N-dealkylation sites (N-methyl/N-ethyl adjacent to an activating group) is 1. The summed E-state index contributed by atoms with van der Waals surface area (Å²) in [6, 6.07) is 16.6. The van der Waals surface area contributed by atoms with Crippen LogP contribution in [0.1, 0.15) is 52.2 Å². The number of methoxy groups -OCH3 is 1. The van der Waals surface area contributed by atoms with Crippen molar-refractivity contribution >= 4 is 17.6 Å². The molecule has 0 aromatic heterocycles. The van der Waals surface area contributed by atoms with E-state index < -0.39 is 23.6 Å². The molecule has 3 N–H and O–H groups in total. The number of ether oxygens (including phenoxy) is 2. The molecule has 8 nitrogen and oxygen atoms in total. The van der Waals surface area contributed by atoms with Gasteiger partial charge in [0.25, 0.3) is 0 Å². The highest BCUT2D eigenvalue weighted by atomic mass is 16.6. The van der Waals surface area contributed by atoms with Crippen LogP contribution >= 0.6 is 0 Å².